The second kappa shape index (κ2) is 10.2. The summed E-state index contributed by atoms with van der Waals surface area (Å²) in [5.41, 5.74) is 0.214. The Bertz CT molecular complexity index is 1070. The molecule has 0 aromatic heterocycles. The molecule has 1 N–H and O–H groups in total. The fraction of sp³-hybridized carbons (Fsp3) is 0.609. The van der Waals surface area contributed by atoms with E-state index in [1.807, 2.05) is 6.92 Å². The molecule has 4 atom stereocenters. The zero-order chi connectivity index (χ0) is 25.2. The molecule has 10 nitrogen and oxygen atoms in total. The lowest BCUT2D eigenvalue weighted by Crippen LogP contribution is -2.46. The van der Waals surface area contributed by atoms with Crippen molar-refractivity contribution >= 4 is 33.3 Å². The standard InChI is InChI=1S/C23H32N2O8S/c1-6-25(15-7-8-34(29,30)12-15)22(27)14(3)33-23(28)17-10-19(31-4)20(32-5)11-18(17)24-21(26)16-9-13(16)2/h10-11,13-16H,6-9,12H2,1-5H3,(H,24,26). The Morgan fingerprint density at radius 3 is 2.29 bits per heavy atom. The second-order valence-electron chi connectivity index (χ2n) is 8.79. The Hall–Kier alpha value is -2.82. The van der Waals surface area contributed by atoms with Gasteiger partial charge in [0.25, 0.3) is 5.91 Å². The van der Waals surface area contributed by atoms with Crippen molar-refractivity contribution in [2.24, 2.45) is 11.8 Å². The highest BCUT2D eigenvalue weighted by atomic mass is 32.2. The van der Waals surface area contributed by atoms with Gasteiger partial charge in [0, 0.05) is 30.6 Å². The molecule has 1 aromatic carbocycles. The molecule has 0 spiro atoms. The third kappa shape index (κ3) is 5.63. The lowest BCUT2D eigenvalue weighted by Gasteiger charge is -2.29. The van der Waals surface area contributed by atoms with Crippen LogP contribution in [0.2, 0.25) is 0 Å². The SMILES string of the molecule is CCN(C(=O)C(C)OC(=O)c1cc(OC)c(OC)cc1NC(=O)C1CC1C)C1CCS(=O)(=O)C1. The smallest absolute Gasteiger partial charge is 0.341 e. The van der Waals surface area contributed by atoms with E-state index >= 15 is 0 Å². The Balaban J connectivity index is 1.80. The van der Waals surface area contributed by atoms with Crippen molar-refractivity contribution in [3.05, 3.63) is 17.7 Å². The number of anilines is 1. The second-order valence-corrected chi connectivity index (χ2v) is 11.0. The first-order chi connectivity index (χ1) is 16.0. The third-order valence-corrected chi connectivity index (χ3v) is 8.10. The molecule has 1 aromatic rings. The van der Waals surface area contributed by atoms with E-state index in [9.17, 15) is 22.8 Å². The average Bonchev–Trinajstić information content (AvgIpc) is 3.43. The number of likely N-dealkylation sites (N-methyl/N-ethyl adjacent to an activating group) is 1. The third-order valence-electron chi connectivity index (χ3n) is 6.35. The highest BCUT2D eigenvalue weighted by Crippen LogP contribution is 2.40. The molecule has 11 heteroatoms. The molecule has 0 bridgehead atoms. The molecule has 4 unspecified atom stereocenters. The van der Waals surface area contributed by atoms with Crippen molar-refractivity contribution in [3.8, 4) is 11.5 Å². The minimum absolute atomic E-state index is 0.0189. The number of rotatable bonds is 9. The van der Waals surface area contributed by atoms with Gasteiger partial charge in [0.1, 0.15) is 0 Å². The van der Waals surface area contributed by atoms with Gasteiger partial charge in [0.05, 0.1) is 37.0 Å². The number of nitrogens with one attached hydrogen (secondary N) is 1. The van der Waals surface area contributed by atoms with Crippen molar-refractivity contribution in [1.82, 2.24) is 4.90 Å². The maximum absolute atomic E-state index is 13.1. The van der Waals surface area contributed by atoms with E-state index in [1.54, 1.807) is 6.92 Å². The lowest BCUT2D eigenvalue weighted by molar-refractivity contribution is -0.141. The summed E-state index contributed by atoms with van der Waals surface area (Å²) in [5, 5.41) is 2.76. The number of amides is 2. The molecule has 0 radical (unpaired) electrons. The Morgan fingerprint density at radius 2 is 1.79 bits per heavy atom. The number of ether oxygens (including phenoxy) is 3. The summed E-state index contributed by atoms with van der Waals surface area (Å²) in [5.74, 6) is -0.849. The molecule has 1 aliphatic heterocycles. The van der Waals surface area contributed by atoms with Crippen molar-refractivity contribution in [3.63, 3.8) is 0 Å². The molecule has 3 rings (SSSR count). The number of esters is 1. The van der Waals surface area contributed by atoms with Gasteiger partial charge >= 0.3 is 5.97 Å². The van der Waals surface area contributed by atoms with E-state index in [1.165, 1.54) is 38.2 Å². The summed E-state index contributed by atoms with van der Waals surface area (Å²) >= 11 is 0. The summed E-state index contributed by atoms with van der Waals surface area (Å²) in [6, 6.07) is 2.43. The quantitative estimate of drug-likeness (QED) is 0.513. The zero-order valence-electron chi connectivity index (χ0n) is 20.1. The van der Waals surface area contributed by atoms with Crippen molar-refractivity contribution in [1.29, 1.82) is 0 Å². The van der Waals surface area contributed by atoms with Gasteiger partial charge in [-0.15, -0.1) is 0 Å². The summed E-state index contributed by atoms with van der Waals surface area (Å²) in [6.45, 7) is 5.45. The van der Waals surface area contributed by atoms with E-state index in [0.717, 1.165) is 6.42 Å². The first-order valence-electron chi connectivity index (χ1n) is 11.3. The van der Waals surface area contributed by atoms with Crippen molar-refractivity contribution in [2.45, 2.75) is 45.8 Å². The van der Waals surface area contributed by atoms with Crippen LogP contribution >= 0.6 is 0 Å². The number of carbonyl (C=O) groups is 3. The van der Waals surface area contributed by atoms with Gasteiger partial charge in [-0.3, -0.25) is 9.59 Å². The molecular weight excluding hydrogens is 464 g/mol. The first-order valence-corrected chi connectivity index (χ1v) is 13.1. The maximum atomic E-state index is 13.1. The predicted molar refractivity (Wildman–Crippen MR) is 125 cm³/mol. The van der Waals surface area contributed by atoms with Gasteiger partial charge in [0.2, 0.25) is 5.91 Å². The zero-order valence-corrected chi connectivity index (χ0v) is 20.9. The summed E-state index contributed by atoms with van der Waals surface area (Å²) in [4.78, 5) is 40.0. The van der Waals surface area contributed by atoms with Crippen LogP contribution in [0.3, 0.4) is 0 Å². The van der Waals surface area contributed by atoms with Crippen LogP contribution in [0.5, 0.6) is 11.5 Å². The van der Waals surface area contributed by atoms with E-state index in [2.05, 4.69) is 5.32 Å². The van der Waals surface area contributed by atoms with Crippen LogP contribution in [-0.4, -0.2) is 75.5 Å². The topological polar surface area (TPSA) is 128 Å². The predicted octanol–water partition coefficient (Wildman–Crippen LogP) is 1.88. The van der Waals surface area contributed by atoms with Crippen LogP contribution < -0.4 is 14.8 Å². The highest BCUT2D eigenvalue weighted by Gasteiger charge is 2.40. The van der Waals surface area contributed by atoms with E-state index in [0.29, 0.717) is 12.2 Å². The maximum Gasteiger partial charge on any atom is 0.341 e. The van der Waals surface area contributed by atoms with Crippen LogP contribution in [-0.2, 0) is 24.2 Å². The largest absolute Gasteiger partial charge is 0.493 e. The number of carbonyl (C=O) groups excluding carboxylic acids is 3. The normalized spacial score (nSPS) is 23.5. The van der Waals surface area contributed by atoms with Gasteiger partial charge in [-0.2, -0.15) is 0 Å². The molecule has 2 aliphatic rings. The van der Waals surface area contributed by atoms with Crippen LogP contribution in [0.15, 0.2) is 12.1 Å². The summed E-state index contributed by atoms with van der Waals surface area (Å²) in [6.07, 6.45) is -0.0294. The van der Waals surface area contributed by atoms with Crippen LogP contribution in [0.1, 0.15) is 44.0 Å². The van der Waals surface area contributed by atoms with Crippen LogP contribution in [0.4, 0.5) is 5.69 Å². The van der Waals surface area contributed by atoms with Gasteiger partial charge < -0.3 is 24.4 Å². The Labute approximate surface area is 199 Å². The molecule has 1 saturated heterocycles. The van der Waals surface area contributed by atoms with Gasteiger partial charge in [-0.25, -0.2) is 13.2 Å². The fourth-order valence-electron chi connectivity index (χ4n) is 4.19. The van der Waals surface area contributed by atoms with E-state index in [4.69, 9.17) is 14.2 Å². The molecule has 2 amide bonds. The lowest BCUT2D eigenvalue weighted by atomic mass is 10.1. The van der Waals surface area contributed by atoms with Crippen LogP contribution in [0, 0.1) is 11.8 Å². The highest BCUT2D eigenvalue weighted by molar-refractivity contribution is 7.91. The molecule has 1 saturated carbocycles. The molecule has 1 aliphatic carbocycles. The van der Waals surface area contributed by atoms with E-state index < -0.39 is 33.9 Å². The number of sulfone groups is 1. The number of benzene rings is 1. The molecule has 2 fully saturated rings. The Morgan fingerprint density at radius 1 is 1.18 bits per heavy atom. The minimum Gasteiger partial charge on any atom is -0.493 e. The van der Waals surface area contributed by atoms with Crippen molar-refractivity contribution in [2.75, 3.05) is 37.6 Å². The van der Waals surface area contributed by atoms with Gasteiger partial charge in [-0.05, 0) is 32.6 Å². The van der Waals surface area contributed by atoms with Crippen molar-refractivity contribution < 1.29 is 37.0 Å². The average molecular weight is 497 g/mol. The fourth-order valence-corrected chi connectivity index (χ4v) is 5.92. The molecular formula is C23H32N2O8S. The summed E-state index contributed by atoms with van der Waals surface area (Å²) in [7, 11) is -0.328. The molecule has 34 heavy (non-hydrogen) atoms. The number of hydrogen-bond donors (Lipinski definition) is 1. The van der Waals surface area contributed by atoms with Crippen LogP contribution in [0.25, 0.3) is 0 Å². The van der Waals surface area contributed by atoms with Gasteiger partial charge in [0.15, 0.2) is 27.4 Å². The molecule has 188 valence electrons. The van der Waals surface area contributed by atoms with E-state index in [-0.39, 0.29) is 52.8 Å². The van der Waals surface area contributed by atoms with Gasteiger partial charge in [-0.1, -0.05) is 6.92 Å². The number of hydrogen-bond acceptors (Lipinski definition) is 8. The monoisotopic (exact) mass is 496 g/mol. The Kier molecular flexibility index (Phi) is 7.74. The minimum atomic E-state index is -3.18. The summed E-state index contributed by atoms with van der Waals surface area (Å²) < 4.78 is 39.7. The molecule has 1 heterocycles. The number of nitrogens with zero attached hydrogens (tertiary/aromatic N) is 1. The first kappa shape index (κ1) is 25.8. The number of methoxy groups -OCH3 is 2.